The normalized spacial score (nSPS) is 15.0. The number of hydrogen-bond acceptors (Lipinski definition) is 6. The fraction of sp³-hybridized carbons (Fsp3) is 0.346. The van der Waals surface area contributed by atoms with E-state index < -0.39 is 0 Å². The van der Waals surface area contributed by atoms with Gasteiger partial charge in [0.2, 0.25) is 5.91 Å². The van der Waals surface area contributed by atoms with Crippen LogP contribution in [0.3, 0.4) is 0 Å². The van der Waals surface area contributed by atoms with Gasteiger partial charge in [0, 0.05) is 42.5 Å². The van der Waals surface area contributed by atoms with Crippen LogP contribution in [0.15, 0.2) is 42.9 Å². The molecule has 9 heteroatoms. The maximum atomic E-state index is 11.3. The zero-order valence-electron chi connectivity index (χ0n) is 19.7. The van der Waals surface area contributed by atoms with Crippen molar-refractivity contribution in [2.45, 2.75) is 38.5 Å². The zero-order valence-corrected chi connectivity index (χ0v) is 20.4. The third kappa shape index (κ3) is 5.33. The Morgan fingerprint density at radius 3 is 2.74 bits per heavy atom. The molecule has 1 aliphatic rings. The van der Waals surface area contributed by atoms with Crippen LogP contribution in [-0.2, 0) is 17.6 Å². The summed E-state index contributed by atoms with van der Waals surface area (Å²) in [5.74, 6) is 0.888. The number of fused-ring (bicyclic) bond motifs is 1. The van der Waals surface area contributed by atoms with Gasteiger partial charge in [0.05, 0.1) is 23.0 Å². The molecule has 4 aromatic rings. The SMILES string of the molecule is Cc1cc(Cc2nc(Cc3ccc(C4CCN(CC(N)=O)CC4)c4ccncc34)ncc2Cl)n[nH]1. The summed E-state index contributed by atoms with van der Waals surface area (Å²) in [5, 5.41) is 10.1. The average molecular weight is 490 g/mol. The highest BCUT2D eigenvalue weighted by molar-refractivity contribution is 6.31. The van der Waals surface area contributed by atoms with Gasteiger partial charge >= 0.3 is 0 Å². The monoisotopic (exact) mass is 489 g/mol. The molecule has 5 rings (SSSR count). The molecule has 35 heavy (non-hydrogen) atoms. The minimum absolute atomic E-state index is 0.267. The van der Waals surface area contributed by atoms with E-state index in [0.29, 0.717) is 36.2 Å². The van der Waals surface area contributed by atoms with Gasteiger partial charge in [-0.15, -0.1) is 0 Å². The number of carbonyl (C=O) groups is 1. The summed E-state index contributed by atoms with van der Waals surface area (Å²) < 4.78 is 0. The topological polar surface area (TPSA) is 114 Å². The average Bonchev–Trinajstić information content (AvgIpc) is 3.26. The van der Waals surface area contributed by atoms with Crippen molar-refractivity contribution in [1.82, 2.24) is 30.0 Å². The number of nitrogens with one attached hydrogen (secondary N) is 1. The van der Waals surface area contributed by atoms with Gasteiger partial charge in [-0.1, -0.05) is 23.7 Å². The first-order chi connectivity index (χ1) is 17.0. The first kappa shape index (κ1) is 23.4. The third-order valence-electron chi connectivity index (χ3n) is 6.67. The van der Waals surface area contributed by atoms with E-state index in [0.717, 1.165) is 54.0 Å². The lowest BCUT2D eigenvalue weighted by Crippen LogP contribution is -2.39. The van der Waals surface area contributed by atoms with Crippen LogP contribution in [-0.4, -0.2) is 55.6 Å². The van der Waals surface area contributed by atoms with Gasteiger partial charge in [0.15, 0.2) is 0 Å². The largest absolute Gasteiger partial charge is 0.369 e. The Morgan fingerprint density at radius 2 is 2.00 bits per heavy atom. The van der Waals surface area contributed by atoms with Crippen molar-refractivity contribution in [3.8, 4) is 0 Å². The van der Waals surface area contributed by atoms with Crippen molar-refractivity contribution in [2.75, 3.05) is 19.6 Å². The minimum atomic E-state index is -0.267. The maximum absolute atomic E-state index is 11.3. The predicted octanol–water partition coefficient (Wildman–Crippen LogP) is 3.56. The molecule has 4 heterocycles. The molecule has 1 amide bonds. The molecular formula is C26H28ClN7O. The van der Waals surface area contributed by atoms with Gasteiger partial charge in [0.1, 0.15) is 5.82 Å². The van der Waals surface area contributed by atoms with Crippen molar-refractivity contribution >= 4 is 28.3 Å². The van der Waals surface area contributed by atoms with Gasteiger partial charge in [0.25, 0.3) is 0 Å². The van der Waals surface area contributed by atoms with Crippen molar-refractivity contribution in [2.24, 2.45) is 5.73 Å². The lowest BCUT2D eigenvalue weighted by molar-refractivity contribution is -0.119. The summed E-state index contributed by atoms with van der Waals surface area (Å²) in [6.07, 6.45) is 8.59. The number of H-pyrrole nitrogens is 1. The summed E-state index contributed by atoms with van der Waals surface area (Å²) in [4.78, 5) is 27.1. The molecule has 8 nitrogen and oxygen atoms in total. The standard InChI is InChI=1S/C26H28ClN7O/c1-16-10-19(33-32-16)12-24-23(27)14-30-26(31-24)11-18-2-3-20(21-4-7-29-13-22(18)21)17-5-8-34(9-6-17)15-25(28)35/h2-4,7,10,13-14,17H,5-6,8-9,11-12,15H2,1H3,(H2,28,35)(H,32,33). The number of benzene rings is 1. The number of aryl methyl sites for hydroxylation is 1. The number of aromatic amines is 1. The minimum Gasteiger partial charge on any atom is -0.369 e. The molecule has 0 radical (unpaired) electrons. The molecule has 1 saturated heterocycles. The quantitative estimate of drug-likeness (QED) is 0.410. The number of amides is 1. The molecule has 180 valence electrons. The Bertz CT molecular complexity index is 1360. The van der Waals surface area contributed by atoms with Crippen LogP contribution in [0.1, 0.15) is 52.8 Å². The lowest BCUT2D eigenvalue weighted by Gasteiger charge is -2.32. The second-order valence-electron chi connectivity index (χ2n) is 9.23. The fourth-order valence-electron chi connectivity index (χ4n) is 4.96. The highest BCUT2D eigenvalue weighted by Crippen LogP contribution is 2.34. The van der Waals surface area contributed by atoms with E-state index in [2.05, 4.69) is 43.3 Å². The zero-order chi connectivity index (χ0) is 24.4. The molecular weight excluding hydrogens is 462 g/mol. The fourth-order valence-corrected chi connectivity index (χ4v) is 5.12. The van der Waals surface area contributed by atoms with Crippen molar-refractivity contribution in [3.05, 3.63) is 81.9 Å². The summed E-state index contributed by atoms with van der Waals surface area (Å²) in [6, 6.07) is 8.49. The third-order valence-corrected chi connectivity index (χ3v) is 6.99. The Balaban J connectivity index is 1.39. The van der Waals surface area contributed by atoms with Gasteiger partial charge < -0.3 is 5.73 Å². The predicted molar refractivity (Wildman–Crippen MR) is 135 cm³/mol. The number of aromatic nitrogens is 5. The second kappa shape index (κ2) is 10.1. The van der Waals surface area contributed by atoms with Crippen LogP contribution < -0.4 is 5.73 Å². The van der Waals surface area contributed by atoms with E-state index in [-0.39, 0.29) is 5.91 Å². The van der Waals surface area contributed by atoms with E-state index in [1.807, 2.05) is 25.4 Å². The van der Waals surface area contributed by atoms with Crippen LogP contribution in [0.2, 0.25) is 5.02 Å². The number of halogens is 1. The van der Waals surface area contributed by atoms with E-state index in [1.165, 1.54) is 10.9 Å². The highest BCUT2D eigenvalue weighted by atomic mass is 35.5. The number of hydrogen-bond donors (Lipinski definition) is 2. The first-order valence-electron chi connectivity index (χ1n) is 11.8. The molecule has 0 unspecified atom stereocenters. The second-order valence-corrected chi connectivity index (χ2v) is 9.64. The summed E-state index contributed by atoms with van der Waals surface area (Å²) in [6.45, 7) is 4.05. The Kier molecular flexibility index (Phi) is 6.74. The lowest BCUT2D eigenvalue weighted by atomic mass is 9.85. The van der Waals surface area contributed by atoms with E-state index in [4.69, 9.17) is 22.3 Å². The van der Waals surface area contributed by atoms with Gasteiger partial charge in [-0.3, -0.25) is 19.8 Å². The van der Waals surface area contributed by atoms with E-state index >= 15 is 0 Å². The number of rotatable bonds is 7. The molecule has 0 atom stereocenters. The molecule has 1 aliphatic heterocycles. The number of carbonyl (C=O) groups excluding carboxylic acids is 1. The highest BCUT2D eigenvalue weighted by Gasteiger charge is 2.23. The van der Waals surface area contributed by atoms with E-state index in [1.54, 1.807) is 6.20 Å². The summed E-state index contributed by atoms with van der Waals surface area (Å²) in [7, 11) is 0. The number of piperidine rings is 1. The molecule has 1 fully saturated rings. The van der Waals surface area contributed by atoms with Crippen LogP contribution in [0.25, 0.3) is 10.8 Å². The van der Waals surface area contributed by atoms with Gasteiger partial charge in [-0.2, -0.15) is 5.10 Å². The van der Waals surface area contributed by atoms with Crippen LogP contribution >= 0.6 is 11.6 Å². The van der Waals surface area contributed by atoms with E-state index in [9.17, 15) is 4.79 Å². The Morgan fingerprint density at radius 1 is 1.17 bits per heavy atom. The Hall–Kier alpha value is -3.36. The number of nitrogens with zero attached hydrogens (tertiary/aromatic N) is 5. The molecule has 3 aromatic heterocycles. The summed E-state index contributed by atoms with van der Waals surface area (Å²) >= 11 is 6.39. The number of likely N-dealkylation sites (tertiary alicyclic amines) is 1. The first-order valence-corrected chi connectivity index (χ1v) is 12.2. The summed E-state index contributed by atoms with van der Waals surface area (Å²) in [5.41, 5.74) is 10.5. The van der Waals surface area contributed by atoms with Crippen LogP contribution in [0, 0.1) is 6.92 Å². The van der Waals surface area contributed by atoms with Crippen LogP contribution in [0.5, 0.6) is 0 Å². The van der Waals surface area contributed by atoms with Crippen molar-refractivity contribution in [3.63, 3.8) is 0 Å². The number of primary amides is 1. The van der Waals surface area contributed by atoms with Gasteiger partial charge in [-0.05, 0) is 67.4 Å². The van der Waals surface area contributed by atoms with Crippen LogP contribution in [0.4, 0.5) is 0 Å². The molecule has 0 bridgehead atoms. The molecule has 1 aromatic carbocycles. The van der Waals surface area contributed by atoms with Crippen molar-refractivity contribution in [1.29, 1.82) is 0 Å². The maximum Gasteiger partial charge on any atom is 0.231 e. The number of nitrogens with two attached hydrogens (primary N) is 1. The molecule has 0 saturated carbocycles. The van der Waals surface area contributed by atoms with Gasteiger partial charge in [-0.25, -0.2) is 9.97 Å². The molecule has 0 spiro atoms. The Labute approximate surface area is 208 Å². The smallest absolute Gasteiger partial charge is 0.231 e. The molecule has 0 aliphatic carbocycles. The molecule has 3 N–H and O–H groups in total. The number of pyridine rings is 1. The van der Waals surface area contributed by atoms with Crippen molar-refractivity contribution < 1.29 is 4.79 Å².